The second kappa shape index (κ2) is 9.54. The number of nitrogens with one attached hydrogen (secondary N) is 2. The van der Waals surface area contributed by atoms with Crippen molar-refractivity contribution in [3.05, 3.63) is 45.9 Å². The fourth-order valence-electron chi connectivity index (χ4n) is 2.35. The minimum Gasteiger partial charge on any atom is -0.495 e. The molecule has 0 aliphatic heterocycles. The average molecular weight is 521 g/mol. The fraction of sp³-hybridized carbons (Fsp3) is 0.222. The second-order valence-corrected chi connectivity index (χ2v) is 9.13. The zero-order chi connectivity index (χ0) is 22.6. The minimum atomic E-state index is -4.06. The highest BCUT2D eigenvalue weighted by molar-refractivity contribution is 9.10. The Bertz CT molecular complexity index is 1080. The van der Waals surface area contributed by atoms with Crippen LogP contribution in [0.5, 0.6) is 5.75 Å². The largest absolute Gasteiger partial charge is 0.495 e. The number of carbonyl (C=O) groups is 2. The summed E-state index contributed by atoms with van der Waals surface area (Å²) in [5.41, 5.74) is 0.305. The van der Waals surface area contributed by atoms with Crippen molar-refractivity contribution in [2.75, 3.05) is 24.2 Å². The standard InChI is InChI=1S/C18H19BrClN3O6S/c1-10(23(2)18(25)26)17(24)21-12-5-6-15(29-3)14(9-12)22-30(27,28)16-7-4-11(19)8-13(16)20/h4-10,22H,1-3H3,(H,21,24)(H,25,26)/t10-/m0/s1. The quantitative estimate of drug-likeness (QED) is 0.509. The molecule has 0 radical (unpaired) electrons. The van der Waals surface area contributed by atoms with Gasteiger partial charge in [-0.1, -0.05) is 27.5 Å². The molecule has 0 aliphatic rings. The van der Waals surface area contributed by atoms with E-state index in [2.05, 4.69) is 26.0 Å². The Morgan fingerprint density at radius 3 is 2.47 bits per heavy atom. The third kappa shape index (κ3) is 5.55. The summed E-state index contributed by atoms with van der Waals surface area (Å²) >= 11 is 9.27. The number of ether oxygens (including phenoxy) is 1. The normalized spacial score (nSPS) is 12.0. The number of sulfonamides is 1. The maximum absolute atomic E-state index is 12.8. The Labute approximate surface area is 187 Å². The van der Waals surface area contributed by atoms with Gasteiger partial charge in [-0.05, 0) is 43.3 Å². The smallest absolute Gasteiger partial charge is 0.407 e. The number of likely N-dealkylation sites (N-methyl/N-ethyl adjacent to an activating group) is 1. The molecule has 12 heteroatoms. The summed E-state index contributed by atoms with van der Waals surface area (Å²) in [6.07, 6.45) is -1.26. The molecule has 30 heavy (non-hydrogen) atoms. The van der Waals surface area contributed by atoms with Crippen LogP contribution in [0.4, 0.5) is 16.2 Å². The van der Waals surface area contributed by atoms with Crippen molar-refractivity contribution in [1.82, 2.24) is 4.90 Å². The number of carboxylic acid groups (broad SMARTS) is 1. The van der Waals surface area contributed by atoms with Crippen molar-refractivity contribution in [1.29, 1.82) is 0 Å². The van der Waals surface area contributed by atoms with Gasteiger partial charge < -0.3 is 15.2 Å². The van der Waals surface area contributed by atoms with Crippen LogP contribution in [0.2, 0.25) is 5.02 Å². The van der Waals surface area contributed by atoms with Crippen LogP contribution in [-0.4, -0.2) is 50.6 Å². The van der Waals surface area contributed by atoms with Gasteiger partial charge in [-0.3, -0.25) is 14.4 Å². The number of hydrogen-bond acceptors (Lipinski definition) is 5. The third-order valence-corrected chi connectivity index (χ3v) is 6.50. The van der Waals surface area contributed by atoms with Crippen LogP contribution < -0.4 is 14.8 Å². The molecule has 2 aromatic rings. The first-order chi connectivity index (χ1) is 14.0. The molecule has 9 nitrogen and oxygen atoms in total. The lowest BCUT2D eigenvalue weighted by Crippen LogP contribution is -2.42. The minimum absolute atomic E-state index is 0.0193. The molecule has 2 amide bonds. The molecule has 0 spiro atoms. The molecule has 0 bridgehead atoms. The average Bonchev–Trinajstić information content (AvgIpc) is 2.66. The number of benzene rings is 2. The first-order valence-corrected chi connectivity index (χ1v) is 11.0. The first-order valence-electron chi connectivity index (χ1n) is 8.38. The summed E-state index contributed by atoms with van der Waals surface area (Å²) in [5.74, 6) is -0.379. The Morgan fingerprint density at radius 1 is 1.23 bits per heavy atom. The van der Waals surface area contributed by atoms with E-state index in [9.17, 15) is 18.0 Å². The maximum atomic E-state index is 12.8. The predicted molar refractivity (Wildman–Crippen MR) is 117 cm³/mol. The number of rotatable bonds is 7. The van der Waals surface area contributed by atoms with Crippen LogP contribution in [0.15, 0.2) is 45.8 Å². The highest BCUT2D eigenvalue weighted by atomic mass is 79.9. The van der Waals surface area contributed by atoms with E-state index in [4.69, 9.17) is 21.4 Å². The zero-order valence-electron chi connectivity index (χ0n) is 16.1. The van der Waals surface area contributed by atoms with E-state index < -0.39 is 28.1 Å². The highest BCUT2D eigenvalue weighted by Gasteiger charge is 2.23. The number of halogens is 2. The zero-order valence-corrected chi connectivity index (χ0v) is 19.3. The number of hydrogen-bond donors (Lipinski definition) is 3. The van der Waals surface area contributed by atoms with Gasteiger partial charge in [-0.2, -0.15) is 0 Å². The Morgan fingerprint density at radius 2 is 1.90 bits per heavy atom. The van der Waals surface area contributed by atoms with Gasteiger partial charge in [0.05, 0.1) is 17.8 Å². The Hall–Kier alpha value is -2.50. The second-order valence-electron chi connectivity index (χ2n) is 6.15. The van der Waals surface area contributed by atoms with Crippen molar-refractivity contribution in [2.24, 2.45) is 0 Å². The molecule has 0 saturated carbocycles. The van der Waals surface area contributed by atoms with Crippen LogP contribution in [-0.2, 0) is 14.8 Å². The number of anilines is 2. The molecule has 0 aromatic heterocycles. The van der Waals surface area contributed by atoms with E-state index in [0.29, 0.717) is 4.47 Å². The summed E-state index contributed by atoms with van der Waals surface area (Å²) in [5, 5.41) is 11.6. The molecule has 1 atom stereocenters. The molecule has 162 valence electrons. The van der Waals surface area contributed by atoms with Gasteiger partial charge in [-0.25, -0.2) is 13.2 Å². The number of methoxy groups -OCH3 is 1. The molecular formula is C18H19BrClN3O6S. The molecule has 0 aliphatic carbocycles. The molecule has 3 N–H and O–H groups in total. The van der Waals surface area contributed by atoms with Gasteiger partial charge in [0, 0.05) is 17.2 Å². The summed E-state index contributed by atoms with van der Waals surface area (Å²) < 4.78 is 33.8. The molecule has 0 fully saturated rings. The van der Waals surface area contributed by atoms with Crippen molar-refractivity contribution in [3.63, 3.8) is 0 Å². The van der Waals surface area contributed by atoms with Gasteiger partial charge >= 0.3 is 6.09 Å². The van der Waals surface area contributed by atoms with Crippen molar-refractivity contribution < 1.29 is 27.9 Å². The van der Waals surface area contributed by atoms with E-state index in [1.807, 2.05) is 0 Å². The van der Waals surface area contributed by atoms with Crippen molar-refractivity contribution >= 4 is 60.9 Å². The molecule has 2 aromatic carbocycles. The topological polar surface area (TPSA) is 125 Å². The first kappa shape index (κ1) is 23.8. The van der Waals surface area contributed by atoms with Gasteiger partial charge in [0.1, 0.15) is 16.7 Å². The van der Waals surface area contributed by atoms with E-state index in [0.717, 1.165) is 4.90 Å². The predicted octanol–water partition coefficient (Wildman–Crippen LogP) is 3.85. The molecule has 0 unspecified atom stereocenters. The van der Waals surface area contributed by atoms with Crippen LogP contribution >= 0.6 is 27.5 Å². The highest BCUT2D eigenvalue weighted by Crippen LogP contribution is 2.32. The monoisotopic (exact) mass is 519 g/mol. The Balaban J connectivity index is 2.32. The number of carbonyl (C=O) groups excluding carboxylic acids is 1. The third-order valence-electron chi connectivity index (χ3n) is 4.16. The summed E-state index contributed by atoms with van der Waals surface area (Å²) in [6.45, 7) is 1.42. The summed E-state index contributed by atoms with van der Waals surface area (Å²) in [6, 6.07) is 7.67. The van der Waals surface area contributed by atoms with E-state index in [-0.39, 0.29) is 27.0 Å². The summed E-state index contributed by atoms with van der Waals surface area (Å²) in [4.78, 5) is 24.0. The lowest BCUT2D eigenvalue weighted by atomic mass is 10.2. The molecular weight excluding hydrogens is 502 g/mol. The molecule has 2 rings (SSSR count). The van der Waals surface area contributed by atoms with Gasteiger partial charge in [0.25, 0.3) is 10.0 Å². The van der Waals surface area contributed by atoms with Gasteiger partial charge in [-0.15, -0.1) is 0 Å². The van der Waals surface area contributed by atoms with Crippen LogP contribution in [0.3, 0.4) is 0 Å². The maximum Gasteiger partial charge on any atom is 0.407 e. The van der Waals surface area contributed by atoms with E-state index in [1.54, 1.807) is 0 Å². The Kier molecular flexibility index (Phi) is 7.56. The lowest BCUT2D eigenvalue weighted by molar-refractivity contribution is -0.119. The SMILES string of the molecule is COc1ccc(NC(=O)[C@H](C)N(C)C(=O)O)cc1NS(=O)(=O)c1ccc(Br)cc1Cl. The van der Waals surface area contributed by atoms with Crippen LogP contribution in [0.1, 0.15) is 6.92 Å². The van der Waals surface area contributed by atoms with Crippen molar-refractivity contribution in [3.8, 4) is 5.75 Å². The molecule has 0 saturated heterocycles. The van der Waals surface area contributed by atoms with E-state index in [1.165, 1.54) is 57.5 Å². The lowest BCUT2D eigenvalue weighted by Gasteiger charge is -2.21. The van der Waals surface area contributed by atoms with Crippen LogP contribution in [0.25, 0.3) is 0 Å². The number of amides is 2. The van der Waals surface area contributed by atoms with Gasteiger partial charge in [0.2, 0.25) is 5.91 Å². The van der Waals surface area contributed by atoms with Crippen molar-refractivity contribution in [2.45, 2.75) is 17.9 Å². The van der Waals surface area contributed by atoms with E-state index >= 15 is 0 Å². The summed E-state index contributed by atoms with van der Waals surface area (Å²) in [7, 11) is -1.43. The van der Waals surface area contributed by atoms with Gasteiger partial charge in [0.15, 0.2) is 0 Å². The number of nitrogens with zero attached hydrogens (tertiary/aromatic N) is 1. The fourth-order valence-corrected chi connectivity index (χ4v) is 4.45. The van der Waals surface area contributed by atoms with Crippen LogP contribution in [0, 0.1) is 0 Å². The molecule has 0 heterocycles.